The van der Waals surface area contributed by atoms with Crippen LogP contribution in [-0.2, 0) is 11.3 Å². The molecule has 2 nitrogen and oxygen atoms in total. The zero-order valence-corrected chi connectivity index (χ0v) is 10.0. The first kappa shape index (κ1) is 11.3. The molecular formula is C14H19NO. The van der Waals surface area contributed by atoms with Crippen LogP contribution in [-0.4, -0.2) is 23.3 Å². The maximum Gasteiger partial charge on any atom is 0.138 e. The van der Waals surface area contributed by atoms with E-state index < -0.39 is 0 Å². The third-order valence-corrected chi connectivity index (χ3v) is 3.41. The lowest BCUT2D eigenvalue weighted by atomic mass is 9.93. The van der Waals surface area contributed by atoms with Crippen molar-refractivity contribution < 1.29 is 4.79 Å². The first-order valence-corrected chi connectivity index (χ1v) is 5.97. The fraction of sp³-hybridized carbons (Fsp3) is 0.500. The van der Waals surface area contributed by atoms with Crippen LogP contribution >= 0.6 is 0 Å². The van der Waals surface area contributed by atoms with Crippen LogP contribution in [0.25, 0.3) is 0 Å². The molecule has 1 aromatic carbocycles. The normalized spacial score (nSPS) is 27.0. The number of rotatable bonds is 2. The van der Waals surface area contributed by atoms with Crippen molar-refractivity contribution in [2.24, 2.45) is 5.92 Å². The predicted octanol–water partition coefficient (Wildman–Crippen LogP) is 2.49. The van der Waals surface area contributed by atoms with Crippen molar-refractivity contribution in [3.8, 4) is 0 Å². The van der Waals surface area contributed by atoms with Crippen LogP contribution in [0.2, 0.25) is 0 Å². The lowest BCUT2D eigenvalue weighted by Gasteiger charge is -2.35. The summed E-state index contributed by atoms with van der Waals surface area (Å²) in [7, 11) is 0. The van der Waals surface area contributed by atoms with E-state index in [4.69, 9.17) is 0 Å². The van der Waals surface area contributed by atoms with Crippen molar-refractivity contribution in [3.63, 3.8) is 0 Å². The van der Waals surface area contributed by atoms with E-state index >= 15 is 0 Å². The monoisotopic (exact) mass is 217 g/mol. The molecule has 0 aromatic heterocycles. The number of piperidine rings is 1. The molecule has 0 N–H and O–H groups in total. The van der Waals surface area contributed by atoms with Gasteiger partial charge in [-0.2, -0.15) is 0 Å². The molecule has 0 bridgehead atoms. The van der Waals surface area contributed by atoms with E-state index in [-0.39, 0.29) is 5.92 Å². The molecule has 1 aliphatic rings. The molecule has 0 spiro atoms. The Morgan fingerprint density at radius 2 is 1.94 bits per heavy atom. The van der Waals surface area contributed by atoms with Crippen LogP contribution in [0.4, 0.5) is 0 Å². The SMILES string of the molecule is C[C@H]1CN(Cc2ccccc2)[C@@H](C)CC1=O. The maximum absolute atomic E-state index is 11.6. The van der Waals surface area contributed by atoms with Gasteiger partial charge in [0.15, 0.2) is 0 Å². The Kier molecular flexibility index (Phi) is 3.39. The van der Waals surface area contributed by atoms with E-state index in [0.717, 1.165) is 13.1 Å². The molecule has 0 aliphatic carbocycles. The Morgan fingerprint density at radius 3 is 2.62 bits per heavy atom. The first-order valence-electron chi connectivity index (χ1n) is 5.97. The first-order chi connectivity index (χ1) is 7.66. The second-order valence-electron chi connectivity index (χ2n) is 4.84. The largest absolute Gasteiger partial charge is 0.299 e. The number of Topliss-reactive ketones (excluding diaryl/α,β-unsaturated/α-hetero) is 1. The summed E-state index contributed by atoms with van der Waals surface area (Å²) in [4.78, 5) is 14.0. The Balaban J connectivity index is 2.02. The van der Waals surface area contributed by atoms with E-state index in [1.54, 1.807) is 0 Å². The molecule has 1 saturated heterocycles. The number of likely N-dealkylation sites (tertiary alicyclic amines) is 1. The summed E-state index contributed by atoms with van der Waals surface area (Å²) in [6.07, 6.45) is 0.702. The zero-order valence-electron chi connectivity index (χ0n) is 10.0. The summed E-state index contributed by atoms with van der Waals surface area (Å²) in [6, 6.07) is 10.8. The maximum atomic E-state index is 11.6. The van der Waals surface area contributed by atoms with Gasteiger partial charge in [-0.15, -0.1) is 0 Å². The molecule has 0 unspecified atom stereocenters. The van der Waals surface area contributed by atoms with E-state index in [1.807, 2.05) is 13.0 Å². The van der Waals surface area contributed by atoms with Gasteiger partial charge in [0, 0.05) is 31.5 Å². The van der Waals surface area contributed by atoms with Gasteiger partial charge in [0.25, 0.3) is 0 Å². The summed E-state index contributed by atoms with van der Waals surface area (Å²) in [5.74, 6) is 0.608. The number of hydrogen-bond acceptors (Lipinski definition) is 2. The molecule has 2 atom stereocenters. The second kappa shape index (κ2) is 4.79. The van der Waals surface area contributed by atoms with Crippen molar-refractivity contribution >= 4 is 5.78 Å². The predicted molar refractivity (Wildman–Crippen MR) is 65.1 cm³/mol. The minimum Gasteiger partial charge on any atom is -0.299 e. The van der Waals surface area contributed by atoms with Crippen molar-refractivity contribution in [2.75, 3.05) is 6.54 Å². The summed E-state index contributed by atoms with van der Waals surface area (Å²) < 4.78 is 0. The second-order valence-corrected chi connectivity index (χ2v) is 4.84. The Bertz CT molecular complexity index is 360. The topological polar surface area (TPSA) is 20.3 Å². The molecule has 1 aromatic rings. The number of ketones is 1. The summed E-state index contributed by atoms with van der Waals surface area (Å²) in [5.41, 5.74) is 1.33. The van der Waals surface area contributed by atoms with Crippen LogP contribution in [0.15, 0.2) is 30.3 Å². The van der Waals surface area contributed by atoms with Gasteiger partial charge in [0.05, 0.1) is 0 Å². The number of nitrogens with zero attached hydrogens (tertiary/aromatic N) is 1. The third kappa shape index (κ3) is 2.50. The van der Waals surface area contributed by atoms with E-state index in [2.05, 4.69) is 36.1 Å². The molecule has 1 fully saturated rings. The number of benzene rings is 1. The van der Waals surface area contributed by atoms with Crippen molar-refractivity contribution in [2.45, 2.75) is 32.9 Å². The van der Waals surface area contributed by atoms with Gasteiger partial charge in [0.2, 0.25) is 0 Å². The third-order valence-electron chi connectivity index (χ3n) is 3.41. The van der Waals surface area contributed by atoms with Crippen LogP contribution in [0, 0.1) is 5.92 Å². The molecule has 16 heavy (non-hydrogen) atoms. The van der Waals surface area contributed by atoms with Gasteiger partial charge >= 0.3 is 0 Å². The van der Waals surface area contributed by atoms with Gasteiger partial charge in [-0.1, -0.05) is 37.3 Å². The van der Waals surface area contributed by atoms with Crippen molar-refractivity contribution in [1.29, 1.82) is 0 Å². The van der Waals surface area contributed by atoms with Crippen molar-refractivity contribution in [3.05, 3.63) is 35.9 Å². The minimum atomic E-state index is 0.194. The summed E-state index contributed by atoms with van der Waals surface area (Å²) in [6.45, 7) is 6.04. The number of hydrogen-bond donors (Lipinski definition) is 0. The highest BCUT2D eigenvalue weighted by atomic mass is 16.1. The highest BCUT2D eigenvalue weighted by Gasteiger charge is 2.28. The molecule has 0 radical (unpaired) electrons. The molecular weight excluding hydrogens is 198 g/mol. The smallest absolute Gasteiger partial charge is 0.138 e. The standard InChI is InChI=1S/C14H19NO/c1-11-9-15(12(2)8-14(11)16)10-13-6-4-3-5-7-13/h3-7,11-12H,8-10H2,1-2H3/t11-,12-/m0/s1. The molecule has 2 rings (SSSR count). The molecule has 1 aliphatic heterocycles. The Hall–Kier alpha value is -1.15. The molecule has 1 heterocycles. The molecule has 2 heteroatoms. The zero-order chi connectivity index (χ0) is 11.5. The fourth-order valence-electron chi connectivity index (χ4n) is 2.29. The quantitative estimate of drug-likeness (QED) is 0.758. The van der Waals surface area contributed by atoms with Crippen LogP contribution in [0.5, 0.6) is 0 Å². The van der Waals surface area contributed by atoms with Crippen LogP contribution in [0.1, 0.15) is 25.8 Å². The summed E-state index contributed by atoms with van der Waals surface area (Å²) >= 11 is 0. The van der Waals surface area contributed by atoms with Gasteiger partial charge < -0.3 is 0 Å². The highest BCUT2D eigenvalue weighted by Crippen LogP contribution is 2.20. The van der Waals surface area contributed by atoms with E-state index in [1.165, 1.54) is 5.56 Å². The minimum absolute atomic E-state index is 0.194. The van der Waals surface area contributed by atoms with E-state index in [9.17, 15) is 4.79 Å². The lowest BCUT2D eigenvalue weighted by Crippen LogP contribution is -2.44. The average Bonchev–Trinajstić information content (AvgIpc) is 2.27. The number of carbonyl (C=O) groups is 1. The van der Waals surface area contributed by atoms with Crippen LogP contribution in [0.3, 0.4) is 0 Å². The highest BCUT2D eigenvalue weighted by molar-refractivity contribution is 5.82. The average molecular weight is 217 g/mol. The van der Waals surface area contributed by atoms with Gasteiger partial charge in [0.1, 0.15) is 5.78 Å². The van der Waals surface area contributed by atoms with Crippen LogP contribution < -0.4 is 0 Å². The van der Waals surface area contributed by atoms with E-state index in [0.29, 0.717) is 18.2 Å². The van der Waals surface area contributed by atoms with Crippen molar-refractivity contribution in [1.82, 2.24) is 4.90 Å². The molecule has 86 valence electrons. The number of carbonyl (C=O) groups excluding carboxylic acids is 1. The fourth-order valence-corrected chi connectivity index (χ4v) is 2.29. The van der Waals surface area contributed by atoms with Gasteiger partial charge in [-0.25, -0.2) is 0 Å². The van der Waals surface area contributed by atoms with Gasteiger partial charge in [-0.05, 0) is 12.5 Å². The Labute approximate surface area is 97.3 Å². The molecule has 0 saturated carbocycles. The van der Waals surface area contributed by atoms with Gasteiger partial charge in [-0.3, -0.25) is 9.69 Å². The Morgan fingerprint density at radius 1 is 1.25 bits per heavy atom. The molecule has 0 amide bonds. The summed E-state index contributed by atoms with van der Waals surface area (Å²) in [5, 5.41) is 0. The lowest BCUT2D eigenvalue weighted by molar-refractivity contribution is -0.127.